The molecule has 4 fully saturated rings. The van der Waals surface area contributed by atoms with Gasteiger partial charge in [0.2, 0.25) is 11.9 Å². The largest absolute Gasteiger partial charge is 0.486 e. The van der Waals surface area contributed by atoms with E-state index in [1.165, 1.54) is 35.6 Å². The third-order valence-electron chi connectivity index (χ3n) is 13.6. The summed E-state index contributed by atoms with van der Waals surface area (Å²) in [6.07, 6.45) is 2.62. The minimum absolute atomic E-state index is 0.173. The molecule has 6 heterocycles. The molecule has 5 atom stereocenters. The third kappa shape index (κ3) is 13.5. The second-order valence-electron chi connectivity index (χ2n) is 18.8. The number of piperidine rings is 2. The lowest BCUT2D eigenvalue weighted by Crippen LogP contribution is -2.51. The number of aliphatic hydroxyl groups is 1. The SMILES string of the molecule is CC(O)C(=O)N1CC[C@H](Oc2ccc(-c3ncnc(Nc4ccc(C5CCOCC5)cc4)n3)cc2C#N)[C@H](F)C1.N#Cc1cc(-c2ncnc(Nc3ccc(C4CCOCC4)cc3)n2)ccc1O[C@H]1CCNC[C@H]1F. The van der Waals surface area contributed by atoms with Crippen molar-refractivity contribution in [3.63, 3.8) is 0 Å². The summed E-state index contributed by atoms with van der Waals surface area (Å²) in [7, 11) is 0. The molecule has 20 heteroatoms. The van der Waals surface area contributed by atoms with Crippen LogP contribution in [0.1, 0.15) is 79.5 Å². The average Bonchev–Trinajstić information content (AvgIpc) is 3.45. The van der Waals surface area contributed by atoms with Crippen molar-refractivity contribution in [3.05, 3.63) is 120 Å². The van der Waals surface area contributed by atoms with Crippen molar-refractivity contribution in [3.8, 4) is 46.4 Å². The fraction of sp³-hybridized carbons (Fsp3) is 0.400. The zero-order valence-corrected chi connectivity index (χ0v) is 41.4. The van der Waals surface area contributed by atoms with E-state index in [0.29, 0.717) is 70.8 Å². The number of aromatic nitrogens is 6. The average molecular weight is 1020 g/mol. The summed E-state index contributed by atoms with van der Waals surface area (Å²) in [5, 5.41) is 38.3. The maximum absolute atomic E-state index is 14.8. The molecule has 2 aromatic heterocycles. The monoisotopic (exact) mass is 1020 g/mol. The molecular weight excluding hydrogens is 963 g/mol. The first-order valence-corrected chi connectivity index (χ1v) is 25.3. The van der Waals surface area contributed by atoms with Crippen molar-refractivity contribution in [2.45, 2.75) is 87.9 Å². The number of carbonyl (C=O) groups excluding carboxylic acids is 1. The van der Waals surface area contributed by atoms with Crippen molar-refractivity contribution in [2.75, 3.05) is 63.2 Å². The molecule has 1 amide bonds. The van der Waals surface area contributed by atoms with Crippen molar-refractivity contribution < 1.29 is 37.6 Å². The maximum Gasteiger partial charge on any atom is 0.251 e. The van der Waals surface area contributed by atoms with Crippen LogP contribution in [-0.2, 0) is 14.3 Å². The number of alkyl halides is 2. The smallest absolute Gasteiger partial charge is 0.251 e. The van der Waals surface area contributed by atoms with Gasteiger partial charge in [0, 0.05) is 68.4 Å². The highest BCUT2D eigenvalue weighted by molar-refractivity contribution is 5.80. The Hall–Kier alpha value is -7.75. The van der Waals surface area contributed by atoms with Gasteiger partial charge < -0.3 is 44.9 Å². The van der Waals surface area contributed by atoms with Crippen LogP contribution in [0, 0.1) is 22.7 Å². The van der Waals surface area contributed by atoms with E-state index in [-0.39, 0.29) is 37.4 Å². The second kappa shape index (κ2) is 25.0. The minimum atomic E-state index is -1.45. The molecule has 4 aliphatic rings. The van der Waals surface area contributed by atoms with Crippen LogP contribution in [0.3, 0.4) is 0 Å². The molecular formula is C55H58F2N12O6. The van der Waals surface area contributed by atoms with Crippen LogP contribution in [-0.4, -0.2) is 129 Å². The molecule has 0 radical (unpaired) electrons. The number of amides is 1. The van der Waals surface area contributed by atoms with Crippen LogP contribution in [0.4, 0.5) is 32.1 Å². The number of carbonyl (C=O) groups is 1. The van der Waals surface area contributed by atoms with Crippen molar-refractivity contribution in [1.82, 2.24) is 40.1 Å². The third-order valence-corrected chi connectivity index (χ3v) is 13.6. The molecule has 4 aromatic carbocycles. The highest BCUT2D eigenvalue weighted by Gasteiger charge is 2.35. The highest BCUT2D eigenvalue weighted by atomic mass is 19.1. The predicted octanol–water partition coefficient (Wildman–Crippen LogP) is 7.87. The molecule has 4 N–H and O–H groups in total. The molecule has 18 nitrogen and oxygen atoms in total. The van der Waals surface area contributed by atoms with Crippen LogP contribution in [0.5, 0.6) is 11.5 Å². The quantitative estimate of drug-likeness (QED) is 0.0860. The predicted molar refractivity (Wildman–Crippen MR) is 274 cm³/mol. The Morgan fingerprint density at radius 2 is 1.17 bits per heavy atom. The number of hydrogen-bond donors (Lipinski definition) is 4. The number of benzene rings is 4. The van der Waals surface area contributed by atoms with Crippen LogP contribution in [0.25, 0.3) is 22.8 Å². The zero-order valence-electron chi connectivity index (χ0n) is 41.4. The molecule has 0 aliphatic carbocycles. The molecule has 10 rings (SSSR count). The Balaban J connectivity index is 0.000000185. The van der Waals surface area contributed by atoms with Gasteiger partial charge in [0.15, 0.2) is 17.8 Å². The number of rotatable bonds is 13. The minimum Gasteiger partial charge on any atom is -0.486 e. The van der Waals surface area contributed by atoms with E-state index in [9.17, 15) is 29.2 Å². The molecule has 0 bridgehead atoms. The van der Waals surface area contributed by atoms with Gasteiger partial charge in [-0.1, -0.05) is 24.3 Å². The van der Waals surface area contributed by atoms with Gasteiger partial charge in [-0.2, -0.15) is 20.5 Å². The topological polar surface area (TPSA) is 238 Å². The summed E-state index contributed by atoms with van der Waals surface area (Å²) in [6, 6.07) is 30.7. The molecule has 6 aromatic rings. The Kier molecular flexibility index (Phi) is 17.4. The first-order chi connectivity index (χ1) is 36.6. The summed E-state index contributed by atoms with van der Waals surface area (Å²) in [6.45, 7) is 5.59. The molecule has 75 heavy (non-hydrogen) atoms. The maximum atomic E-state index is 14.8. The Morgan fingerprint density at radius 3 is 1.61 bits per heavy atom. The number of anilines is 4. The zero-order chi connectivity index (χ0) is 52.1. The van der Waals surface area contributed by atoms with Crippen LogP contribution in [0.2, 0.25) is 0 Å². The first-order valence-electron chi connectivity index (χ1n) is 25.3. The summed E-state index contributed by atoms with van der Waals surface area (Å²) in [4.78, 5) is 39.3. The second-order valence-corrected chi connectivity index (χ2v) is 18.8. The van der Waals surface area contributed by atoms with Gasteiger partial charge in [-0.3, -0.25) is 4.79 Å². The number of hydrogen-bond acceptors (Lipinski definition) is 17. The Morgan fingerprint density at radius 1 is 0.693 bits per heavy atom. The van der Waals surface area contributed by atoms with Crippen LogP contribution < -0.4 is 25.4 Å². The van der Waals surface area contributed by atoms with Gasteiger partial charge in [0.05, 0.1) is 17.7 Å². The standard InChI is InChI=1S/C29H31FN6O4.C26H27FN6O2/c1-18(37)28(38)36-11-8-26(24(30)16-36)40-25-7-4-21(14-22(25)15-31)27-32-17-33-29(35-27)34-23-5-2-19(3-6-23)20-9-12-39-13-10-20;27-22-15-29-10-7-24(22)35-23-6-3-19(13-20(23)14-28)25-30-16-31-26(33-25)32-21-4-1-17(2-5-21)18-8-11-34-12-9-18/h2-7,14,17-18,20,24,26,37H,8-13,16H2,1H3,(H,32,33,34,35);1-6,13,16,18,22,24,29H,7-12,15H2,(H,30,31,32,33)/t18?,24-,26+;22-,24+/m11/s1. The molecule has 0 saturated carbocycles. The summed E-state index contributed by atoms with van der Waals surface area (Å²) < 4.78 is 51.5. The summed E-state index contributed by atoms with van der Waals surface area (Å²) >= 11 is 0. The number of aliphatic hydroxyl groups excluding tert-OH is 1. The van der Waals surface area contributed by atoms with Gasteiger partial charge in [0.25, 0.3) is 5.91 Å². The highest BCUT2D eigenvalue weighted by Crippen LogP contribution is 2.33. The Bertz CT molecular complexity index is 2970. The van der Waals surface area contributed by atoms with E-state index in [1.54, 1.807) is 36.4 Å². The fourth-order valence-electron chi connectivity index (χ4n) is 9.44. The molecule has 0 spiro atoms. The summed E-state index contributed by atoms with van der Waals surface area (Å²) in [5.41, 5.74) is 6.07. The van der Waals surface area contributed by atoms with Gasteiger partial charge in [-0.15, -0.1) is 0 Å². The number of likely N-dealkylation sites (tertiary alicyclic amines) is 1. The number of nitrogens with zero attached hydrogens (tertiary/aromatic N) is 9. The fourth-order valence-corrected chi connectivity index (χ4v) is 9.44. The van der Waals surface area contributed by atoms with Gasteiger partial charge in [0.1, 0.15) is 60.8 Å². The van der Waals surface area contributed by atoms with Crippen molar-refractivity contribution in [2.24, 2.45) is 0 Å². The molecule has 4 saturated heterocycles. The van der Waals surface area contributed by atoms with Crippen LogP contribution in [0.15, 0.2) is 97.6 Å². The number of ether oxygens (including phenoxy) is 4. The Labute approximate surface area is 433 Å². The van der Waals surface area contributed by atoms with E-state index >= 15 is 0 Å². The number of halogens is 2. The van der Waals surface area contributed by atoms with Gasteiger partial charge in [-0.25, -0.2) is 28.7 Å². The van der Waals surface area contributed by atoms with Crippen LogP contribution >= 0.6 is 0 Å². The number of nitriles is 2. The van der Waals surface area contributed by atoms with Gasteiger partial charge >= 0.3 is 0 Å². The summed E-state index contributed by atoms with van der Waals surface area (Å²) in [5.74, 6) is 2.70. The van der Waals surface area contributed by atoms with E-state index < -0.39 is 36.6 Å². The van der Waals surface area contributed by atoms with E-state index in [0.717, 1.165) is 63.5 Å². The first kappa shape index (κ1) is 52.1. The molecule has 4 aliphatic heterocycles. The van der Waals surface area contributed by atoms with Crippen molar-refractivity contribution >= 4 is 29.2 Å². The molecule has 1 unspecified atom stereocenters. The lowest BCUT2D eigenvalue weighted by Gasteiger charge is -2.35. The lowest BCUT2D eigenvalue weighted by molar-refractivity contribution is -0.143. The normalized spacial score (nSPS) is 20.5. The van der Waals surface area contributed by atoms with E-state index in [1.807, 2.05) is 24.3 Å². The van der Waals surface area contributed by atoms with Crippen molar-refractivity contribution in [1.29, 1.82) is 10.5 Å². The number of nitrogens with one attached hydrogen (secondary N) is 3. The van der Waals surface area contributed by atoms with E-state index in [2.05, 4.69) is 82.3 Å². The van der Waals surface area contributed by atoms with E-state index in [4.69, 9.17) is 18.9 Å². The lowest BCUT2D eigenvalue weighted by atomic mass is 9.92. The van der Waals surface area contributed by atoms with Gasteiger partial charge in [-0.05, 0) is 129 Å². The molecule has 388 valence electrons.